The molecule has 0 unspecified atom stereocenters. The van der Waals surface area contributed by atoms with Gasteiger partial charge in [0.05, 0.1) is 12.3 Å². The number of thiophene rings is 1. The zero-order valence-electron chi connectivity index (χ0n) is 10.3. The van der Waals surface area contributed by atoms with Crippen molar-refractivity contribution in [2.45, 2.75) is 13.3 Å². The summed E-state index contributed by atoms with van der Waals surface area (Å²) in [4.78, 5) is 6.13. The second kappa shape index (κ2) is 4.94. The topological polar surface area (TPSA) is 21.6 Å². The van der Waals surface area contributed by atoms with Crippen LogP contribution in [0.5, 0.6) is 5.75 Å². The van der Waals surface area contributed by atoms with Gasteiger partial charge in [-0.15, -0.1) is 11.3 Å². The Morgan fingerprint density at radius 1 is 1.33 bits per heavy atom. The lowest BCUT2D eigenvalue weighted by Gasteiger charge is -2.14. The highest BCUT2D eigenvalue weighted by Gasteiger charge is 2.16. The molecule has 0 amide bonds. The summed E-state index contributed by atoms with van der Waals surface area (Å²) in [6.07, 6.45) is 1.07. The summed E-state index contributed by atoms with van der Waals surface area (Å²) in [5.41, 5.74) is 3.55. The monoisotopic (exact) mass is 257 g/mol. The average Bonchev–Trinajstić information content (AvgIpc) is 2.87. The molecular formula is C15H15NOS. The molecule has 0 N–H and O–H groups in total. The Kier molecular flexibility index (Phi) is 3.15. The fourth-order valence-corrected chi connectivity index (χ4v) is 3.12. The predicted molar refractivity (Wildman–Crippen MR) is 76.1 cm³/mol. The molecule has 3 rings (SSSR count). The van der Waals surface area contributed by atoms with Gasteiger partial charge in [-0.2, -0.15) is 0 Å². The van der Waals surface area contributed by atoms with E-state index in [0.717, 1.165) is 30.0 Å². The van der Waals surface area contributed by atoms with Gasteiger partial charge < -0.3 is 4.74 Å². The summed E-state index contributed by atoms with van der Waals surface area (Å²) in [5.74, 6) is 0.917. The quantitative estimate of drug-likeness (QED) is 0.824. The molecule has 0 bridgehead atoms. The van der Waals surface area contributed by atoms with Gasteiger partial charge in [0.25, 0.3) is 0 Å². The zero-order valence-corrected chi connectivity index (χ0v) is 11.2. The van der Waals surface area contributed by atoms with E-state index in [4.69, 9.17) is 4.74 Å². The first-order valence-corrected chi connectivity index (χ1v) is 7.11. The van der Waals surface area contributed by atoms with Crippen molar-refractivity contribution in [3.8, 4) is 5.75 Å². The van der Waals surface area contributed by atoms with Crippen molar-refractivity contribution < 1.29 is 4.74 Å². The van der Waals surface area contributed by atoms with E-state index in [2.05, 4.69) is 28.6 Å². The van der Waals surface area contributed by atoms with Crippen molar-refractivity contribution in [2.24, 2.45) is 4.99 Å². The Hall–Kier alpha value is -1.61. The smallest absolute Gasteiger partial charge is 0.119 e. The molecule has 0 saturated heterocycles. The minimum absolute atomic E-state index is 0.694. The third-order valence-corrected chi connectivity index (χ3v) is 4.01. The van der Waals surface area contributed by atoms with E-state index in [0.29, 0.717) is 6.61 Å². The number of hydrogen-bond donors (Lipinski definition) is 0. The third kappa shape index (κ3) is 2.06. The molecule has 2 aromatic rings. The average molecular weight is 257 g/mol. The van der Waals surface area contributed by atoms with Crippen LogP contribution in [0.2, 0.25) is 0 Å². The van der Waals surface area contributed by atoms with Crippen LogP contribution in [-0.2, 0) is 6.42 Å². The third-order valence-electron chi connectivity index (χ3n) is 3.03. The number of nitrogens with zero attached hydrogens (tertiary/aromatic N) is 1. The highest BCUT2D eigenvalue weighted by Crippen LogP contribution is 2.26. The lowest BCUT2D eigenvalue weighted by molar-refractivity contribution is 0.340. The van der Waals surface area contributed by atoms with E-state index in [9.17, 15) is 0 Å². The van der Waals surface area contributed by atoms with Crippen LogP contribution in [-0.4, -0.2) is 18.9 Å². The number of fused-ring (bicyclic) bond motifs is 1. The molecule has 0 aliphatic carbocycles. The standard InChI is InChI=1S/C15H15NOS/c1-2-17-12-5-3-4-11(10-12)15-13-7-9-18-14(13)6-8-16-15/h3-5,7,9-10H,2,6,8H2,1H3. The normalized spacial score (nSPS) is 13.9. The minimum Gasteiger partial charge on any atom is -0.494 e. The summed E-state index contributed by atoms with van der Waals surface area (Å²) in [6, 6.07) is 10.4. The van der Waals surface area contributed by atoms with Gasteiger partial charge in [-0.3, -0.25) is 4.99 Å². The predicted octanol–water partition coefficient (Wildman–Crippen LogP) is 3.54. The van der Waals surface area contributed by atoms with E-state index in [1.807, 2.05) is 30.4 Å². The summed E-state index contributed by atoms with van der Waals surface area (Å²) in [7, 11) is 0. The van der Waals surface area contributed by atoms with Crippen LogP contribution in [0.25, 0.3) is 0 Å². The molecule has 1 aliphatic heterocycles. The van der Waals surface area contributed by atoms with E-state index in [-0.39, 0.29) is 0 Å². The Morgan fingerprint density at radius 3 is 3.17 bits per heavy atom. The molecule has 0 saturated carbocycles. The molecule has 0 spiro atoms. The molecule has 18 heavy (non-hydrogen) atoms. The van der Waals surface area contributed by atoms with Crippen molar-refractivity contribution >= 4 is 17.0 Å². The first kappa shape index (κ1) is 11.5. The van der Waals surface area contributed by atoms with Gasteiger partial charge in [0.2, 0.25) is 0 Å². The molecule has 1 aromatic heterocycles. The van der Waals surface area contributed by atoms with Gasteiger partial charge in [-0.05, 0) is 30.5 Å². The fourth-order valence-electron chi connectivity index (χ4n) is 2.25. The first-order valence-electron chi connectivity index (χ1n) is 6.23. The maximum atomic E-state index is 5.55. The van der Waals surface area contributed by atoms with E-state index in [1.165, 1.54) is 10.4 Å². The van der Waals surface area contributed by atoms with E-state index in [1.54, 1.807) is 0 Å². The fraction of sp³-hybridized carbons (Fsp3) is 0.267. The Morgan fingerprint density at radius 2 is 2.28 bits per heavy atom. The maximum absolute atomic E-state index is 5.55. The summed E-state index contributed by atoms with van der Waals surface area (Å²) in [6.45, 7) is 3.59. The lowest BCUT2D eigenvalue weighted by atomic mass is 9.99. The Bertz CT molecular complexity index is 586. The molecule has 2 nitrogen and oxygen atoms in total. The highest BCUT2D eigenvalue weighted by atomic mass is 32.1. The SMILES string of the molecule is CCOc1cccc(C2=NCCc3sccc32)c1. The number of aliphatic imine (C=N–C) groups is 1. The van der Waals surface area contributed by atoms with Crippen LogP contribution in [0.1, 0.15) is 22.9 Å². The van der Waals surface area contributed by atoms with Crippen molar-refractivity contribution in [1.29, 1.82) is 0 Å². The molecule has 1 aromatic carbocycles. The van der Waals surface area contributed by atoms with Crippen LogP contribution in [0.15, 0.2) is 40.7 Å². The molecule has 1 aliphatic rings. The number of ether oxygens (including phenoxy) is 1. The van der Waals surface area contributed by atoms with Crippen LogP contribution < -0.4 is 4.74 Å². The van der Waals surface area contributed by atoms with E-state index < -0.39 is 0 Å². The highest BCUT2D eigenvalue weighted by molar-refractivity contribution is 7.10. The molecule has 2 heterocycles. The molecule has 3 heteroatoms. The van der Waals surface area contributed by atoms with Gasteiger partial charge in [-0.1, -0.05) is 12.1 Å². The van der Waals surface area contributed by atoms with Crippen molar-refractivity contribution in [3.63, 3.8) is 0 Å². The molecular weight excluding hydrogens is 242 g/mol. The zero-order chi connectivity index (χ0) is 12.4. The van der Waals surface area contributed by atoms with Gasteiger partial charge >= 0.3 is 0 Å². The van der Waals surface area contributed by atoms with Gasteiger partial charge in [0.1, 0.15) is 5.75 Å². The number of rotatable bonds is 3. The number of hydrogen-bond acceptors (Lipinski definition) is 3. The molecule has 92 valence electrons. The minimum atomic E-state index is 0.694. The summed E-state index contributed by atoms with van der Waals surface area (Å²) in [5, 5.41) is 2.15. The summed E-state index contributed by atoms with van der Waals surface area (Å²) >= 11 is 1.83. The van der Waals surface area contributed by atoms with Crippen LogP contribution in [0.3, 0.4) is 0 Å². The lowest BCUT2D eigenvalue weighted by Crippen LogP contribution is -2.11. The van der Waals surface area contributed by atoms with Gasteiger partial charge in [0, 0.05) is 29.0 Å². The van der Waals surface area contributed by atoms with Crippen molar-refractivity contribution in [2.75, 3.05) is 13.2 Å². The summed E-state index contributed by atoms with van der Waals surface area (Å²) < 4.78 is 5.55. The van der Waals surface area contributed by atoms with Crippen molar-refractivity contribution in [1.82, 2.24) is 0 Å². The van der Waals surface area contributed by atoms with Crippen LogP contribution in [0, 0.1) is 0 Å². The maximum Gasteiger partial charge on any atom is 0.119 e. The van der Waals surface area contributed by atoms with Crippen LogP contribution >= 0.6 is 11.3 Å². The molecule has 0 atom stereocenters. The van der Waals surface area contributed by atoms with Gasteiger partial charge in [-0.25, -0.2) is 0 Å². The second-order valence-electron chi connectivity index (χ2n) is 4.20. The largest absolute Gasteiger partial charge is 0.494 e. The second-order valence-corrected chi connectivity index (χ2v) is 5.20. The van der Waals surface area contributed by atoms with Crippen molar-refractivity contribution in [3.05, 3.63) is 51.7 Å². The molecule has 0 fully saturated rings. The Balaban J connectivity index is 2.00. The molecule has 0 radical (unpaired) electrons. The van der Waals surface area contributed by atoms with Gasteiger partial charge in [0.15, 0.2) is 0 Å². The van der Waals surface area contributed by atoms with E-state index >= 15 is 0 Å². The van der Waals surface area contributed by atoms with Crippen LogP contribution in [0.4, 0.5) is 0 Å². The Labute approximate surface area is 111 Å². The number of benzene rings is 1. The first-order chi connectivity index (χ1) is 8.88.